The minimum absolute atomic E-state index is 0.262. The number of benzene rings is 1. The van der Waals surface area contributed by atoms with Crippen molar-refractivity contribution < 1.29 is 14.2 Å². The maximum atomic E-state index is 5.57. The molecule has 3 heteroatoms. The van der Waals surface area contributed by atoms with Gasteiger partial charge in [-0.15, -0.1) is 0 Å². The smallest absolute Gasteiger partial charge is 0.161 e. The summed E-state index contributed by atoms with van der Waals surface area (Å²) in [4.78, 5) is 0. The molecule has 0 bridgehead atoms. The van der Waals surface area contributed by atoms with E-state index in [9.17, 15) is 0 Å². The molecule has 15 heavy (non-hydrogen) atoms. The molecule has 0 saturated carbocycles. The van der Waals surface area contributed by atoms with Crippen LogP contribution in [0.4, 0.5) is 0 Å². The summed E-state index contributed by atoms with van der Waals surface area (Å²) in [6.07, 6.45) is 1.97. The molecule has 1 saturated heterocycles. The van der Waals surface area contributed by atoms with Crippen LogP contribution in [0.3, 0.4) is 0 Å². The zero-order valence-corrected chi connectivity index (χ0v) is 8.52. The van der Waals surface area contributed by atoms with Gasteiger partial charge in [-0.25, -0.2) is 0 Å². The second-order valence-corrected chi connectivity index (χ2v) is 3.31. The Morgan fingerprint density at radius 2 is 2.00 bits per heavy atom. The van der Waals surface area contributed by atoms with Crippen LogP contribution in [0.2, 0.25) is 0 Å². The highest BCUT2D eigenvalue weighted by molar-refractivity contribution is 5.39. The summed E-state index contributed by atoms with van der Waals surface area (Å²) in [7, 11) is 0. The Labute approximate surface area is 89.3 Å². The summed E-state index contributed by atoms with van der Waals surface area (Å²) in [5.41, 5.74) is 0. The maximum absolute atomic E-state index is 5.57. The van der Waals surface area contributed by atoms with Gasteiger partial charge in [0.2, 0.25) is 0 Å². The third kappa shape index (κ3) is 2.99. The van der Waals surface area contributed by atoms with E-state index in [0.29, 0.717) is 13.2 Å². The molecule has 80 valence electrons. The van der Waals surface area contributed by atoms with Crippen molar-refractivity contribution >= 4 is 0 Å². The van der Waals surface area contributed by atoms with Gasteiger partial charge in [0.05, 0.1) is 6.61 Å². The molecule has 1 aliphatic rings. The van der Waals surface area contributed by atoms with E-state index in [2.05, 4.69) is 6.58 Å². The molecule has 1 atom stereocenters. The Hall–Kier alpha value is -1.48. The normalized spacial score (nSPS) is 18.3. The van der Waals surface area contributed by atoms with Gasteiger partial charge in [-0.2, -0.15) is 0 Å². The summed E-state index contributed by atoms with van der Waals surface area (Å²) in [6, 6.07) is 7.61. The Kier molecular flexibility index (Phi) is 3.25. The number of hydrogen-bond acceptors (Lipinski definition) is 3. The van der Waals surface area contributed by atoms with Crippen LogP contribution in [-0.4, -0.2) is 25.9 Å². The van der Waals surface area contributed by atoms with E-state index in [1.54, 1.807) is 6.08 Å². The highest BCUT2D eigenvalue weighted by Gasteiger charge is 2.23. The third-order valence-electron chi connectivity index (χ3n) is 2.03. The van der Waals surface area contributed by atoms with Crippen LogP contribution >= 0.6 is 0 Å². The van der Waals surface area contributed by atoms with E-state index >= 15 is 0 Å². The van der Waals surface area contributed by atoms with Crippen LogP contribution in [0.15, 0.2) is 36.9 Å². The largest absolute Gasteiger partial charge is 0.487 e. The molecular formula is C12H14O3. The predicted molar refractivity (Wildman–Crippen MR) is 57.4 cm³/mol. The fraction of sp³-hybridized carbons (Fsp3) is 0.333. The predicted octanol–water partition coefficient (Wildman–Crippen LogP) is 2.03. The molecular weight excluding hydrogens is 192 g/mol. The SMILES string of the molecule is C=CCOc1ccccc1OCC1CO1. The Bertz CT molecular complexity index is 331. The van der Waals surface area contributed by atoms with E-state index in [1.807, 2.05) is 24.3 Å². The van der Waals surface area contributed by atoms with Gasteiger partial charge < -0.3 is 14.2 Å². The molecule has 1 unspecified atom stereocenters. The first kappa shape index (κ1) is 10.1. The van der Waals surface area contributed by atoms with Gasteiger partial charge >= 0.3 is 0 Å². The first-order chi connectivity index (χ1) is 7.40. The number of para-hydroxylation sites is 2. The van der Waals surface area contributed by atoms with Crippen molar-refractivity contribution in [2.45, 2.75) is 6.10 Å². The number of rotatable bonds is 6. The second-order valence-electron chi connectivity index (χ2n) is 3.31. The molecule has 1 aliphatic heterocycles. The van der Waals surface area contributed by atoms with Crippen LogP contribution in [0, 0.1) is 0 Å². The third-order valence-corrected chi connectivity index (χ3v) is 2.03. The summed E-state index contributed by atoms with van der Waals surface area (Å²) >= 11 is 0. The Balaban J connectivity index is 1.95. The van der Waals surface area contributed by atoms with Gasteiger partial charge in [-0.05, 0) is 12.1 Å². The first-order valence-electron chi connectivity index (χ1n) is 4.97. The van der Waals surface area contributed by atoms with Crippen LogP contribution in [0.25, 0.3) is 0 Å². The van der Waals surface area contributed by atoms with E-state index in [-0.39, 0.29) is 6.10 Å². The van der Waals surface area contributed by atoms with Gasteiger partial charge in [0.1, 0.15) is 19.3 Å². The second kappa shape index (κ2) is 4.84. The zero-order valence-electron chi connectivity index (χ0n) is 8.52. The molecule has 0 aliphatic carbocycles. The fourth-order valence-electron chi connectivity index (χ4n) is 1.18. The first-order valence-corrected chi connectivity index (χ1v) is 4.97. The molecule has 1 heterocycles. The topological polar surface area (TPSA) is 31.0 Å². The van der Waals surface area contributed by atoms with Crippen molar-refractivity contribution in [1.29, 1.82) is 0 Å². The van der Waals surface area contributed by atoms with Gasteiger partial charge in [-0.1, -0.05) is 24.8 Å². The monoisotopic (exact) mass is 206 g/mol. The van der Waals surface area contributed by atoms with Crippen molar-refractivity contribution in [3.8, 4) is 11.5 Å². The quantitative estimate of drug-likeness (QED) is 0.527. The van der Waals surface area contributed by atoms with Crippen molar-refractivity contribution in [1.82, 2.24) is 0 Å². The van der Waals surface area contributed by atoms with E-state index in [1.165, 1.54) is 0 Å². The van der Waals surface area contributed by atoms with Gasteiger partial charge in [0.15, 0.2) is 11.5 Å². The average molecular weight is 206 g/mol. The van der Waals surface area contributed by atoms with Crippen molar-refractivity contribution in [3.63, 3.8) is 0 Å². The number of epoxide rings is 1. The van der Waals surface area contributed by atoms with Crippen LogP contribution in [0.1, 0.15) is 0 Å². The lowest BCUT2D eigenvalue weighted by Crippen LogP contribution is -2.05. The minimum Gasteiger partial charge on any atom is -0.487 e. The molecule has 3 nitrogen and oxygen atoms in total. The lowest BCUT2D eigenvalue weighted by molar-refractivity contribution is 0.248. The molecule has 0 N–H and O–H groups in total. The summed E-state index contributed by atoms with van der Waals surface area (Å²) in [5, 5.41) is 0. The average Bonchev–Trinajstić information content (AvgIpc) is 3.08. The highest BCUT2D eigenvalue weighted by atomic mass is 16.6. The molecule has 1 fully saturated rings. The van der Waals surface area contributed by atoms with Gasteiger partial charge in [0.25, 0.3) is 0 Å². The molecule has 1 aromatic carbocycles. The zero-order chi connectivity index (χ0) is 10.5. The molecule has 0 amide bonds. The summed E-state index contributed by atoms with van der Waals surface area (Å²) in [6.45, 7) is 5.48. The van der Waals surface area contributed by atoms with Crippen molar-refractivity contribution in [2.24, 2.45) is 0 Å². The summed E-state index contributed by atoms with van der Waals surface area (Å²) in [5.74, 6) is 1.51. The van der Waals surface area contributed by atoms with E-state index < -0.39 is 0 Å². The number of hydrogen-bond donors (Lipinski definition) is 0. The standard InChI is InChI=1S/C12H14O3/c1-2-7-13-11-5-3-4-6-12(11)15-9-10-8-14-10/h2-6,10H,1,7-9H2. The molecule has 2 rings (SSSR count). The minimum atomic E-state index is 0.262. The van der Waals surface area contributed by atoms with Crippen molar-refractivity contribution in [2.75, 3.05) is 19.8 Å². The van der Waals surface area contributed by atoms with Gasteiger partial charge in [0, 0.05) is 0 Å². The molecule has 0 aromatic heterocycles. The fourth-order valence-corrected chi connectivity index (χ4v) is 1.18. The van der Waals surface area contributed by atoms with Crippen LogP contribution in [-0.2, 0) is 4.74 Å². The summed E-state index contributed by atoms with van der Waals surface area (Å²) < 4.78 is 16.1. The van der Waals surface area contributed by atoms with E-state index in [0.717, 1.165) is 18.1 Å². The van der Waals surface area contributed by atoms with Crippen LogP contribution in [0.5, 0.6) is 11.5 Å². The van der Waals surface area contributed by atoms with Crippen LogP contribution < -0.4 is 9.47 Å². The molecule has 0 radical (unpaired) electrons. The molecule has 0 spiro atoms. The number of ether oxygens (including phenoxy) is 3. The lowest BCUT2D eigenvalue weighted by atomic mass is 10.3. The Morgan fingerprint density at radius 1 is 1.33 bits per heavy atom. The lowest BCUT2D eigenvalue weighted by Gasteiger charge is -2.10. The van der Waals surface area contributed by atoms with Gasteiger partial charge in [-0.3, -0.25) is 0 Å². The molecule has 1 aromatic rings. The van der Waals surface area contributed by atoms with Crippen molar-refractivity contribution in [3.05, 3.63) is 36.9 Å². The Morgan fingerprint density at radius 3 is 2.60 bits per heavy atom. The maximum Gasteiger partial charge on any atom is 0.161 e. The van der Waals surface area contributed by atoms with E-state index in [4.69, 9.17) is 14.2 Å². The highest BCUT2D eigenvalue weighted by Crippen LogP contribution is 2.27.